The predicted molar refractivity (Wildman–Crippen MR) is 229 cm³/mol. The molecule has 3 saturated carbocycles. The van der Waals surface area contributed by atoms with Gasteiger partial charge in [0.2, 0.25) is 0 Å². The minimum absolute atomic E-state index is 0.147. The van der Waals surface area contributed by atoms with Crippen LogP contribution >= 0.6 is 22.7 Å². The smallest absolute Gasteiger partial charge is 0.338 e. The summed E-state index contributed by atoms with van der Waals surface area (Å²) in [6.07, 6.45) is 7.67. The number of nitrogens with two attached hydrogens (primary N) is 2. The predicted octanol–water partition coefficient (Wildman–Crippen LogP) is 7.33. The first-order valence-electron chi connectivity index (χ1n) is 20.2. The topological polar surface area (TPSA) is 226 Å². The Hall–Kier alpha value is -6.60. The van der Waals surface area contributed by atoms with Crippen molar-refractivity contribution >= 4 is 60.8 Å². The van der Waals surface area contributed by atoms with E-state index in [9.17, 15) is 30.2 Å². The highest BCUT2D eigenvalue weighted by Gasteiger charge is 2.43. The van der Waals surface area contributed by atoms with Crippen molar-refractivity contribution < 1.29 is 28.6 Å². The van der Waals surface area contributed by atoms with Gasteiger partial charge < -0.3 is 36.3 Å². The third-order valence-corrected chi connectivity index (χ3v) is 13.9. The van der Waals surface area contributed by atoms with Crippen molar-refractivity contribution in [1.82, 2.24) is 10.6 Å². The van der Waals surface area contributed by atoms with Crippen LogP contribution in [0.2, 0.25) is 0 Å². The number of hydrogen-bond acceptors (Lipinski definition) is 15. The number of nitrogens with one attached hydrogen (secondary N) is 2. The second kappa shape index (κ2) is 17.2. The fraction of sp³-hybridized carbons (Fsp3) is 0.348. The number of carbonyl (C=O) groups excluding carboxylic acids is 3. The van der Waals surface area contributed by atoms with Crippen molar-refractivity contribution in [1.29, 1.82) is 15.8 Å². The number of nitrogens with zero attached hydrogens (tertiary/aromatic N) is 3. The van der Waals surface area contributed by atoms with E-state index in [4.69, 9.17) is 25.7 Å². The molecule has 5 aliphatic rings. The summed E-state index contributed by atoms with van der Waals surface area (Å²) in [7, 11) is 1.30. The number of benzene rings is 2. The molecule has 2 aromatic heterocycles. The van der Waals surface area contributed by atoms with Gasteiger partial charge in [0.1, 0.15) is 29.9 Å². The third kappa shape index (κ3) is 7.93. The quantitative estimate of drug-likeness (QED) is 0.0957. The van der Waals surface area contributed by atoms with Crippen molar-refractivity contribution in [2.45, 2.75) is 76.2 Å². The maximum Gasteiger partial charge on any atom is 0.338 e. The van der Waals surface area contributed by atoms with Gasteiger partial charge in [-0.25, -0.2) is 14.4 Å². The number of ether oxygens (including phenoxy) is 3. The lowest BCUT2D eigenvalue weighted by atomic mass is 9.80. The number of fused-ring (bicyclic) bond motifs is 2. The first-order chi connectivity index (χ1) is 29.6. The third-order valence-electron chi connectivity index (χ3n) is 11.8. The van der Waals surface area contributed by atoms with Gasteiger partial charge in [-0.2, -0.15) is 15.8 Å². The molecular formula is C46H43N7O6S2. The monoisotopic (exact) mass is 853 g/mol. The molecule has 4 heterocycles. The number of thiophene rings is 2. The Morgan fingerprint density at radius 2 is 1.34 bits per heavy atom. The lowest BCUT2D eigenvalue weighted by molar-refractivity contribution is -0.144. The molecule has 2 atom stereocenters. The molecule has 0 bridgehead atoms. The van der Waals surface area contributed by atoms with E-state index in [1.54, 1.807) is 25.1 Å². The highest BCUT2D eigenvalue weighted by Crippen LogP contribution is 2.49. The molecule has 13 nitrogen and oxygen atoms in total. The summed E-state index contributed by atoms with van der Waals surface area (Å²) >= 11 is 2.85. The molecule has 15 heteroatoms. The molecule has 2 aromatic carbocycles. The van der Waals surface area contributed by atoms with Gasteiger partial charge in [0, 0.05) is 11.4 Å². The average molecular weight is 854 g/mol. The first kappa shape index (κ1) is 41.1. The number of nitriles is 3. The van der Waals surface area contributed by atoms with Crippen molar-refractivity contribution in [3.05, 3.63) is 115 Å². The Bertz CT molecular complexity index is 2740. The summed E-state index contributed by atoms with van der Waals surface area (Å²) in [5.74, 6) is -1.69. The van der Waals surface area contributed by atoms with Gasteiger partial charge in [-0.3, -0.25) is 0 Å². The maximum absolute atomic E-state index is 13.3. The van der Waals surface area contributed by atoms with Crippen molar-refractivity contribution in [2.24, 2.45) is 23.3 Å². The lowest BCUT2D eigenvalue weighted by Gasteiger charge is -2.30. The van der Waals surface area contributed by atoms with Crippen molar-refractivity contribution in [3.63, 3.8) is 0 Å². The zero-order chi connectivity index (χ0) is 42.9. The SMILES string of the molecule is COC(=O)C1=C(C)NC(N)=C(C(=O)OC2CCCC2)C1c1csc2c(C#N)cccc12.N#CC1=C(N)NC(C2CC2)=C(C(=O)OCC2CC2)C1c1csc2c(C#N)cccc12. The molecule has 2 unspecified atom stereocenters. The highest BCUT2D eigenvalue weighted by atomic mass is 32.1. The number of allylic oxidation sites excluding steroid dienone is 3. The molecular weight excluding hydrogens is 811 g/mol. The summed E-state index contributed by atoms with van der Waals surface area (Å²) in [6.45, 7) is 2.14. The number of hydrogen-bond donors (Lipinski definition) is 4. The van der Waals surface area contributed by atoms with Gasteiger partial charge in [0.05, 0.1) is 74.4 Å². The molecule has 4 aromatic rings. The molecule has 3 fully saturated rings. The standard InChI is InChI=1S/C23H20N4O2S.C23H23N3O4S/c24-8-14-2-1-3-15-17(11-30-21(14)15)18-16(9-25)22(26)27-20(13-6-7-13)19(18)23(28)29-10-12-4-5-12;1-12-17(22(27)29-2)18(16-11-31-20-13(10-24)6-5-9-15(16)20)19(21(25)26-12)23(28)30-14-7-3-4-8-14/h1-3,11-13,18,27H,4-7,10,26H2;5-6,9,11,14,18,26H,3-4,7-8,25H2,1-2H3. The fourth-order valence-electron chi connectivity index (χ4n) is 8.42. The van der Waals surface area contributed by atoms with Crippen LogP contribution in [0.4, 0.5) is 0 Å². The largest absolute Gasteiger partial charge is 0.466 e. The lowest BCUT2D eigenvalue weighted by Crippen LogP contribution is -2.36. The van der Waals surface area contributed by atoms with E-state index in [0.717, 1.165) is 88.4 Å². The molecule has 310 valence electrons. The number of dihydropyridines is 2. The number of carbonyl (C=O) groups is 3. The van der Waals surface area contributed by atoms with Crippen molar-refractivity contribution in [2.75, 3.05) is 13.7 Å². The van der Waals surface area contributed by atoms with Gasteiger partial charge >= 0.3 is 17.9 Å². The molecule has 0 saturated heterocycles. The second-order valence-electron chi connectivity index (χ2n) is 15.8. The molecule has 3 aliphatic carbocycles. The fourth-order valence-corrected chi connectivity index (χ4v) is 10.5. The van der Waals surface area contributed by atoms with E-state index < -0.39 is 23.8 Å². The number of methoxy groups -OCH3 is 1. The minimum atomic E-state index is -0.759. The molecule has 6 N–H and O–H groups in total. The summed E-state index contributed by atoms with van der Waals surface area (Å²) in [4.78, 5) is 39.3. The summed E-state index contributed by atoms with van der Waals surface area (Å²) in [5, 5.41) is 40.4. The van der Waals surface area contributed by atoms with Gasteiger partial charge in [-0.15, -0.1) is 22.7 Å². The highest BCUT2D eigenvalue weighted by molar-refractivity contribution is 7.18. The van der Waals surface area contributed by atoms with E-state index >= 15 is 0 Å². The molecule has 0 amide bonds. The zero-order valence-corrected chi connectivity index (χ0v) is 35.3. The van der Waals surface area contributed by atoms with Crippen LogP contribution < -0.4 is 22.1 Å². The zero-order valence-electron chi connectivity index (χ0n) is 33.6. The summed E-state index contributed by atoms with van der Waals surface area (Å²) < 4.78 is 18.1. The van der Waals surface area contributed by atoms with E-state index in [1.165, 1.54) is 29.8 Å². The minimum Gasteiger partial charge on any atom is -0.466 e. The van der Waals surface area contributed by atoms with Crippen LogP contribution in [0, 0.1) is 45.8 Å². The summed E-state index contributed by atoms with van der Waals surface area (Å²) in [6, 6.07) is 17.6. The van der Waals surface area contributed by atoms with E-state index in [2.05, 4.69) is 28.8 Å². The van der Waals surface area contributed by atoms with Gasteiger partial charge in [0.25, 0.3) is 0 Å². The number of rotatable bonds is 9. The maximum atomic E-state index is 13.3. The average Bonchev–Trinajstić information content (AvgIpc) is 4.14. The Kier molecular flexibility index (Phi) is 11.6. The molecule has 0 spiro atoms. The normalized spacial score (nSPS) is 20.2. The molecule has 2 aliphatic heterocycles. The van der Waals surface area contributed by atoms with Crippen LogP contribution in [-0.2, 0) is 28.6 Å². The Balaban J connectivity index is 0.000000168. The van der Waals surface area contributed by atoms with E-state index in [1.807, 2.05) is 29.0 Å². The van der Waals surface area contributed by atoms with Gasteiger partial charge in [-0.1, -0.05) is 24.3 Å². The van der Waals surface area contributed by atoms with Gasteiger partial charge in [0.15, 0.2) is 0 Å². The first-order valence-corrected chi connectivity index (χ1v) is 22.0. The molecule has 9 rings (SSSR count). The Morgan fingerprint density at radius 1 is 0.738 bits per heavy atom. The second-order valence-corrected chi connectivity index (χ2v) is 17.6. The number of esters is 3. The van der Waals surface area contributed by atoms with Crippen molar-refractivity contribution in [3.8, 4) is 18.2 Å². The van der Waals surface area contributed by atoms with Crippen LogP contribution in [0.3, 0.4) is 0 Å². The molecule has 0 radical (unpaired) electrons. The van der Waals surface area contributed by atoms with Crippen LogP contribution in [0.1, 0.15) is 92.4 Å². The van der Waals surface area contributed by atoms with Crippen LogP contribution in [-0.4, -0.2) is 37.7 Å². The van der Waals surface area contributed by atoms with Crippen LogP contribution in [0.25, 0.3) is 20.2 Å². The van der Waals surface area contributed by atoms with Gasteiger partial charge in [-0.05, 0) is 115 Å². The van der Waals surface area contributed by atoms with E-state index in [0.29, 0.717) is 51.9 Å². The van der Waals surface area contributed by atoms with E-state index in [-0.39, 0.29) is 29.4 Å². The Labute approximate surface area is 360 Å². The Morgan fingerprint density at radius 3 is 1.89 bits per heavy atom. The van der Waals surface area contributed by atoms with Crippen LogP contribution in [0.15, 0.2) is 92.5 Å². The van der Waals surface area contributed by atoms with Crippen LogP contribution in [0.5, 0.6) is 0 Å². The summed E-state index contributed by atoms with van der Waals surface area (Å²) in [5.41, 5.74) is 17.8. The molecule has 61 heavy (non-hydrogen) atoms.